The molecule has 224 valence electrons. The SMILES string of the molecule is CCOc1cc(CO)cc(Oc2ccc(C(F)(F)F)cn2)c1.OCc1cc(O)cc(Oc2ccc(C(F)(F)F)cn2)c1. The second-order valence-corrected chi connectivity index (χ2v) is 8.37. The van der Waals surface area contributed by atoms with Crippen LogP contribution in [0.1, 0.15) is 29.2 Å². The molecule has 14 heteroatoms. The topological polar surface area (TPSA) is 114 Å². The molecule has 0 bridgehead atoms. The first-order valence-corrected chi connectivity index (χ1v) is 12.0. The Kier molecular flexibility index (Phi) is 10.6. The molecule has 0 fully saturated rings. The van der Waals surface area contributed by atoms with Crippen LogP contribution >= 0.6 is 0 Å². The van der Waals surface area contributed by atoms with Gasteiger partial charge in [0.25, 0.3) is 0 Å². The van der Waals surface area contributed by atoms with Crippen LogP contribution in [-0.2, 0) is 25.6 Å². The number of rotatable bonds is 8. The van der Waals surface area contributed by atoms with Gasteiger partial charge >= 0.3 is 12.4 Å². The number of phenols is 1. The lowest BCUT2D eigenvalue weighted by molar-refractivity contribution is -0.138. The van der Waals surface area contributed by atoms with Gasteiger partial charge in [-0.05, 0) is 54.4 Å². The number of aromatic hydroxyl groups is 1. The van der Waals surface area contributed by atoms with E-state index in [1.54, 1.807) is 18.2 Å². The number of aliphatic hydroxyl groups is 2. The molecule has 42 heavy (non-hydrogen) atoms. The van der Waals surface area contributed by atoms with Gasteiger partial charge in [-0.25, -0.2) is 9.97 Å². The minimum absolute atomic E-state index is 0.0190. The van der Waals surface area contributed by atoms with Crippen molar-refractivity contribution < 1.29 is 55.9 Å². The molecule has 0 amide bonds. The van der Waals surface area contributed by atoms with Crippen molar-refractivity contribution in [3.8, 4) is 34.8 Å². The number of hydrogen-bond donors (Lipinski definition) is 3. The third-order valence-electron chi connectivity index (χ3n) is 5.14. The lowest BCUT2D eigenvalue weighted by Crippen LogP contribution is -2.05. The molecule has 2 heterocycles. The first-order chi connectivity index (χ1) is 19.8. The summed E-state index contributed by atoms with van der Waals surface area (Å²) in [4.78, 5) is 7.17. The van der Waals surface area contributed by atoms with E-state index in [0.717, 1.165) is 24.3 Å². The number of aliphatic hydroxyl groups excluding tert-OH is 2. The van der Waals surface area contributed by atoms with Crippen LogP contribution in [-0.4, -0.2) is 31.9 Å². The van der Waals surface area contributed by atoms with Gasteiger partial charge in [0.05, 0.1) is 30.9 Å². The number of halogens is 6. The normalized spacial score (nSPS) is 11.4. The highest BCUT2D eigenvalue weighted by atomic mass is 19.4. The van der Waals surface area contributed by atoms with E-state index >= 15 is 0 Å². The van der Waals surface area contributed by atoms with Gasteiger partial charge in [0, 0.05) is 36.7 Å². The molecular weight excluding hydrogens is 574 g/mol. The number of alkyl halides is 6. The van der Waals surface area contributed by atoms with Gasteiger partial charge in [-0.15, -0.1) is 0 Å². The monoisotopic (exact) mass is 598 g/mol. The summed E-state index contributed by atoms with van der Waals surface area (Å²) in [5.41, 5.74) is -0.754. The predicted octanol–water partition coefficient (Wildman–Crippen LogP) is 6.87. The summed E-state index contributed by atoms with van der Waals surface area (Å²) in [7, 11) is 0. The maximum absolute atomic E-state index is 12.5. The molecule has 0 radical (unpaired) electrons. The lowest BCUT2D eigenvalue weighted by Gasteiger charge is -2.11. The van der Waals surface area contributed by atoms with Gasteiger partial charge in [0.2, 0.25) is 11.8 Å². The van der Waals surface area contributed by atoms with E-state index in [0.29, 0.717) is 41.6 Å². The molecule has 8 nitrogen and oxygen atoms in total. The van der Waals surface area contributed by atoms with Crippen LogP contribution in [0.5, 0.6) is 34.8 Å². The second-order valence-electron chi connectivity index (χ2n) is 8.37. The minimum atomic E-state index is -4.46. The second kappa shape index (κ2) is 13.9. The average molecular weight is 598 g/mol. The zero-order valence-electron chi connectivity index (χ0n) is 21.8. The average Bonchev–Trinajstić information content (AvgIpc) is 2.93. The highest BCUT2D eigenvalue weighted by Gasteiger charge is 2.31. The number of pyridine rings is 2. The van der Waals surface area contributed by atoms with Crippen molar-refractivity contribution in [2.24, 2.45) is 0 Å². The maximum Gasteiger partial charge on any atom is 0.417 e. The molecule has 0 atom stereocenters. The van der Waals surface area contributed by atoms with Crippen LogP contribution in [0.4, 0.5) is 26.3 Å². The zero-order valence-corrected chi connectivity index (χ0v) is 21.8. The molecular formula is C28H24F6N2O6. The van der Waals surface area contributed by atoms with Gasteiger partial charge in [-0.2, -0.15) is 26.3 Å². The molecule has 4 rings (SSSR count). The lowest BCUT2D eigenvalue weighted by atomic mass is 10.2. The van der Waals surface area contributed by atoms with Crippen molar-refractivity contribution in [3.63, 3.8) is 0 Å². The van der Waals surface area contributed by atoms with E-state index in [9.17, 15) is 36.6 Å². The molecule has 0 aliphatic carbocycles. The van der Waals surface area contributed by atoms with Crippen LogP contribution in [0.3, 0.4) is 0 Å². The smallest absolute Gasteiger partial charge is 0.417 e. The Balaban J connectivity index is 0.000000231. The molecule has 0 saturated heterocycles. The standard InChI is InChI=1S/C15H14F3NO3.C13H10F3NO3/c1-2-21-12-5-10(9-20)6-13(7-12)22-14-4-3-11(8-19-14)15(16,17)18;14-13(15,16)9-1-2-12(17-6-9)20-11-4-8(7-18)3-10(19)5-11/h3-8,20H,2,9H2,1H3;1-6,18-19H,7H2. The van der Waals surface area contributed by atoms with E-state index in [1.807, 2.05) is 6.92 Å². The van der Waals surface area contributed by atoms with Crippen molar-refractivity contribution in [2.45, 2.75) is 32.5 Å². The summed E-state index contributed by atoms with van der Waals surface area (Å²) >= 11 is 0. The van der Waals surface area contributed by atoms with E-state index in [4.69, 9.17) is 19.3 Å². The van der Waals surface area contributed by atoms with Crippen LogP contribution in [0.25, 0.3) is 0 Å². The van der Waals surface area contributed by atoms with Gasteiger partial charge in [-0.3, -0.25) is 0 Å². The van der Waals surface area contributed by atoms with E-state index < -0.39 is 23.5 Å². The highest BCUT2D eigenvalue weighted by molar-refractivity contribution is 5.40. The molecule has 2 aromatic heterocycles. The summed E-state index contributed by atoms with van der Waals surface area (Å²) in [5.74, 6) is 0.830. The molecule has 0 aliphatic heterocycles. The third-order valence-corrected chi connectivity index (χ3v) is 5.14. The van der Waals surface area contributed by atoms with Crippen LogP contribution in [0, 0.1) is 0 Å². The Hall–Kier alpha value is -4.56. The van der Waals surface area contributed by atoms with Crippen LogP contribution < -0.4 is 14.2 Å². The van der Waals surface area contributed by atoms with Crippen LogP contribution in [0.15, 0.2) is 73.1 Å². The predicted molar refractivity (Wildman–Crippen MR) is 136 cm³/mol. The molecule has 0 saturated carbocycles. The van der Waals surface area contributed by atoms with Gasteiger partial charge in [-0.1, -0.05) is 0 Å². The summed E-state index contributed by atoms with van der Waals surface area (Å²) in [5, 5.41) is 27.6. The fourth-order valence-corrected chi connectivity index (χ4v) is 3.28. The molecule has 3 N–H and O–H groups in total. The van der Waals surface area contributed by atoms with E-state index in [2.05, 4.69) is 9.97 Å². The summed E-state index contributed by atoms with van der Waals surface area (Å²) in [6.07, 6.45) is -7.54. The zero-order chi connectivity index (χ0) is 30.9. The van der Waals surface area contributed by atoms with Crippen molar-refractivity contribution in [1.82, 2.24) is 9.97 Å². The van der Waals surface area contributed by atoms with E-state index in [-0.39, 0.29) is 36.5 Å². The first-order valence-electron chi connectivity index (χ1n) is 12.0. The maximum atomic E-state index is 12.5. The molecule has 2 aromatic carbocycles. The van der Waals surface area contributed by atoms with E-state index in [1.165, 1.54) is 18.2 Å². The molecule has 0 unspecified atom stereocenters. The molecule has 4 aromatic rings. The quantitative estimate of drug-likeness (QED) is 0.188. The van der Waals surface area contributed by atoms with Gasteiger partial charge < -0.3 is 29.5 Å². The Morgan fingerprint density at radius 3 is 1.50 bits per heavy atom. The number of aromatic nitrogens is 2. The van der Waals surface area contributed by atoms with Crippen molar-refractivity contribution in [3.05, 3.63) is 95.3 Å². The minimum Gasteiger partial charge on any atom is -0.508 e. The van der Waals surface area contributed by atoms with Gasteiger partial charge in [0.15, 0.2) is 0 Å². The number of phenolic OH excluding ortho intramolecular Hbond substituents is 1. The van der Waals surface area contributed by atoms with Crippen molar-refractivity contribution >= 4 is 0 Å². The largest absolute Gasteiger partial charge is 0.508 e. The number of hydrogen-bond acceptors (Lipinski definition) is 8. The van der Waals surface area contributed by atoms with Crippen molar-refractivity contribution in [1.29, 1.82) is 0 Å². The fraction of sp³-hybridized carbons (Fsp3) is 0.214. The number of benzene rings is 2. The molecule has 0 spiro atoms. The van der Waals surface area contributed by atoms with Crippen molar-refractivity contribution in [2.75, 3.05) is 6.61 Å². The Labute approximate surface area is 235 Å². The Bertz CT molecular complexity index is 1450. The summed E-state index contributed by atoms with van der Waals surface area (Å²) < 4.78 is 90.4. The summed E-state index contributed by atoms with van der Waals surface area (Å²) in [6.45, 7) is 1.74. The Morgan fingerprint density at radius 1 is 0.643 bits per heavy atom. The third kappa shape index (κ3) is 9.52. The fourth-order valence-electron chi connectivity index (χ4n) is 3.28. The van der Waals surface area contributed by atoms with Gasteiger partial charge in [0.1, 0.15) is 23.0 Å². The van der Waals surface area contributed by atoms with Crippen LogP contribution in [0.2, 0.25) is 0 Å². The summed E-state index contributed by atoms with van der Waals surface area (Å²) in [6, 6.07) is 12.8. The first kappa shape index (κ1) is 32.0. The molecule has 0 aliphatic rings. The highest BCUT2D eigenvalue weighted by Crippen LogP contribution is 2.32. The number of nitrogens with zero attached hydrogens (tertiary/aromatic N) is 2. The number of ether oxygens (including phenoxy) is 3. The Morgan fingerprint density at radius 2 is 1.10 bits per heavy atom.